The Balaban J connectivity index is 2.03. The molecular weight excluding hydrogens is 268 g/mol. The molecule has 0 unspecified atom stereocenters. The molecular formula is C16H20N2O3. The van der Waals surface area contributed by atoms with Crippen LogP contribution in [0.4, 0.5) is 11.4 Å². The van der Waals surface area contributed by atoms with Crippen molar-refractivity contribution >= 4 is 23.2 Å². The smallest absolute Gasteiger partial charge is 0.224 e. The third kappa shape index (κ3) is 4.34. The monoisotopic (exact) mass is 288 g/mol. The Morgan fingerprint density at radius 2 is 2.14 bits per heavy atom. The first-order valence-corrected chi connectivity index (χ1v) is 7.00. The molecule has 0 aliphatic heterocycles. The Morgan fingerprint density at radius 3 is 2.76 bits per heavy atom. The lowest BCUT2D eigenvalue weighted by molar-refractivity contribution is -0.117. The quantitative estimate of drug-likeness (QED) is 0.819. The summed E-state index contributed by atoms with van der Waals surface area (Å²) in [6.07, 6.45) is 6.77. The molecule has 1 aliphatic rings. The van der Waals surface area contributed by atoms with Crippen LogP contribution in [0.5, 0.6) is 5.75 Å². The van der Waals surface area contributed by atoms with E-state index in [2.05, 4.69) is 22.8 Å². The molecule has 1 aromatic rings. The lowest BCUT2D eigenvalue weighted by atomic mass is 10.1. The van der Waals surface area contributed by atoms with Gasteiger partial charge in [-0.2, -0.15) is 0 Å². The van der Waals surface area contributed by atoms with Crippen molar-refractivity contribution < 1.29 is 14.3 Å². The highest BCUT2D eigenvalue weighted by atomic mass is 16.5. The van der Waals surface area contributed by atoms with Gasteiger partial charge in [0.1, 0.15) is 5.75 Å². The van der Waals surface area contributed by atoms with E-state index in [1.165, 1.54) is 14.0 Å². The summed E-state index contributed by atoms with van der Waals surface area (Å²) in [6.45, 7) is 1.43. The number of hydrogen-bond acceptors (Lipinski definition) is 3. The molecule has 0 heterocycles. The summed E-state index contributed by atoms with van der Waals surface area (Å²) < 4.78 is 5.18. The maximum atomic E-state index is 12.0. The van der Waals surface area contributed by atoms with Gasteiger partial charge >= 0.3 is 0 Å². The first kappa shape index (κ1) is 15.1. The van der Waals surface area contributed by atoms with E-state index >= 15 is 0 Å². The number of benzene rings is 1. The van der Waals surface area contributed by atoms with Crippen molar-refractivity contribution in [2.45, 2.75) is 26.2 Å². The number of anilines is 2. The van der Waals surface area contributed by atoms with Crippen LogP contribution in [0.2, 0.25) is 0 Å². The second-order valence-corrected chi connectivity index (χ2v) is 5.11. The van der Waals surface area contributed by atoms with Crippen LogP contribution in [0.15, 0.2) is 30.4 Å². The van der Waals surface area contributed by atoms with Crippen molar-refractivity contribution in [1.82, 2.24) is 0 Å². The van der Waals surface area contributed by atoms with Crippen LogP contribution in [0.1, 0.15) is 26.2 Å². The topological polar surface area (TPSA) is 67.4 Å². The number of nitrogens with one attached hydrogen (secondary N) is 2. The number of allylic oxidation sites excluding steroid dienone is 2. The molecule has 2 N–H and O–H groups in total. The molecule has 1 aliphatic carbocycles. The molecule has 1 atom stereocenters. The predicted molar refractivity (Wildman–Crippen MR) is 82.4 cm³/mol. The zero-order valence-electron chi connectivity index (χ0n) is 12.3. The molecule has 2 amide bonds. The molecule has 0 aromatic heterocycles. The van der Waals surface area contributed by atoms with Crippen molar-refractivity contribution in [1.29, 1.82) is 0 Å². The van der Waals surface area contributed by atoms with E-state index in [1.54, 1.807) is 18.2 Å². The SMILES string of the molecule is COc1ccc(NC(=O)C[C@H]2C=CCC2)cc1NC(C)=O. The highest BCUT2D eigenvalue weighted by Gasteiger charge is 2.14. The zero-order chi connectivity index (χ0) is 15.2. The molecule has 5 heteroatoms. The maximum Gasteiger partial charge on any atom is 0.224 e. The van der Waals surface area contributed by atoms with Gasteiger partial charge in [0.25, 0.3) is 0 Å². The van der Waals surface area contributed by atoms with E-state index in [4.69, 9.17) is 4.74 Å². The highest BCUT2D eigenvalue weighted by molar-refractivity contribution is 5.94. The van der Waals surface area contributed by atoms with Crippen molar-refractivity contribution in [3.63, 3.8) is 0 Å². The van der Waals surface area contributed by atoms with Crippen molar-refractivity contribution in [2.75, 3.05) is 17.7 Å². The minimum atomic E-state index is -0.187. The number of amides is 2. The van der Waals surface area contributed by atoms with E-state index in [9.17, 15) is 9.59 Å². The van der Waals surface area contributed by atoms with Crippen LogP contribution in [0.25, 0.3) is 0 Å². The first-order valence-electron chi connectivity index (χ1n) is 7.00. The number of ether oxygens (including phenoxy) is 1. The molecule has 0 saturated carbocycles. The van der Waals surface area contributed by atoms with Gasteiger partial charge in [0.2, 0.25) is 11.8 Å². The maximum absolute atomic E-state index is 12.0. The zero-order valence-corrected chi connectivity index (χ0v) is 12.3. The molecule has 0 bridgehead atoms. The van der Waals surface area contributed by atoms with Gasteiger partial charge in [-0.3, -0.25) is 9.59 Å². The molecule has 1 aromatic carbocycles. The van der Waals surface area contributed by atoms with Gasteiger partial charge in [0.05, 0.1) is 12.8 Å². The number of carbonyl (C=O) groups is 2. The third-order valence-corrected chi connectivity index (χ3v) is 3.35. The van der Waals surface area contributed by atoms with Crippen LogP contribution < -0.4 is 15.4 Å². The highest BCUT2D eigenvalue weighted by Crippen LogP contribution is 2.28. The van der Waals surface area contributed by atoms with E-state index in [1.807, 2.05) is 0 Å². The van der Waals surface area contributed by atoms with Crippen LogP contribution in [-0.2, 0) is 9.59 Å². The van der Waals surface area contributed by atoms with Gasteiger partial charge in [-0.1, -0.05) is 12.2 Å². The second kappa shape index (κ2) is 6.92. The Labute approximate surface area is 124 Å². The lowest BCUT2D eigenvalue weighted by Crippen LogP contribution is -2.15. The van der Waals surface area contributed by atoms with Gasteiger partial charge in [-0.15, -0.1) is 0 Å². The fourth-order valence-electron chi connectivity index (χ4n) is 2.39. The van der Waals surface area contributed by atoms with Gasteiger partial charge in [-0.25, -0.2) is 0 Å². The molecule has 0 radical (unpaired) electrons. The minimum absolute atomic E-state index is 0.0227. The van der Waals surface area contributed by atoms with Crippen LogP contribution >= 0.6 is 0 Å². The summed E-state index contributed by atoms with van der Waals surface area (Å²) in [6, 6.07) is 5.17. The molecule has 112 valence electrons. The van der Waals surface area contributed by atoms with Gasteiger partial charge in [-0.05, 0) is 37.0 Å². The number of methoxy groups -OCH3 is 1. The van der Waals surface area contributed by atoms with Crippen molar-refractivity contribution in [3.05, 3.63) is 30.4 Å². The van der Waals surface area contributed by atoms with E-state index in [0.29, 0.717) is 29.5 Å². The fourth-order valence-corrected chi connectivity index (χ4v) is 2.39. The fraction of sp³-hybridized carbons (Fsp3) is 0.375. The molecule has 5 nitrogen and oxygen atoms in total. The van der Waals surface area contributed by atoms with E-state index < -0.39 is 0 Å². The predicted octanol–water partition coefficient (Wildman–Crippen LogP) is 2.95. The van der Waals surface area contributed by atoms with Crippen LogP contribution in [-0.4, -0.2) is 18.9 Å². The van der Waals surface area contributed by atoms with Gasteiger partial charge < -0.3 is 15.4 Å². The van der Waals surface area contributed by atoms with Gasteiger partial charge in [0.15, 0.2) is 0 Å². The summed E-state index contributed by atoms with van der Waals surface area (Å²) in [5, 5.41) is 5.54. The summed E-state index contributed by atoms with van der Waals surface area (Å²) in [4.78, 5) is 23.2. The summed E-state index contributed by atoms with van der Waals surface area (Å²) in [5.41, 5.74) is 1.19. The van der Waals surface area contributed by atoms with E-state index in [0.717, 1.165) is 12.8 Å². The Hall–Kier alpha value is -2.30. The van der Waals surface area contributed by atoms with E-state index in [-0.39, 0.29) is 11.8 Å². The third-order valence-electron chi connectivity index (χ3n) is 3.35. The van der Waals surface area contributed by atoms with Gasteiger partial charge in [0, 0.05) is 19.0 Å². The Kier molecular flexibility index (Phi) is 4.98. The van der Waals surface area contributed by atoms with Crippen LogP contribution in [0, 0.1) is 5.92 Å². The summed E-state index contributed by atoms with van der Waals surface area (Å²) in [7, 11) is 1.53. The lowest BCUT2D eigenvalue weighted by Gasteiger charge is -2.13. The number of carbonyl (C=O) groups excluding carboxylic acids is 2. The number of rotatable bonds is 5. The average Bonchev–Trinajstić information content (AvgIpc) is 2.91. The largest absolute Gasteiger partial charge is 0.495 e. The first-order chi connectivity index (χ1) is 10.1. The van der Waals surface area contributed by atoms with Crippen molar-refractivity contribution in [3.8, 4) is 5.75 Å². The van der Waals surface area contributed by atoms with Crippen LogP contribution in [0.3, 0.4) is 0 Å². The molecule has 0 spiro atoms. The standard InChI is InChI=1S/C16H20N2O3/c1-11(19)17-14-10-13(7-8-15(14)21-2)18-16(20)9-12-5-3-4-6-12/h3,5,7-8,10,12H,4,6,9H2,1-2H3,(H,17,19)(H,18,20)/t12-/m0/s1. The Bertz CT molecular complexity index is 567. The molecule has 0 fully saturated rings. The minimum Gasteiger partial charge on any atom is -0.495 e. The summed E-state index contributed by atoms with van der Waals surface area (Å²) in [5.74, 6) is 0.679. The number of hydrogen-bond donors (Lipinski definition) is 2. The molecule has 0 saturated heterocycles. The summed E-state index contributed by atoms with van der Waals surface area (Å²) >= 11 is 0. The van der Waals surface area contributed by atoms with Crippen molar-refractivity contribution in [2.24, 2.45) is 5.92 Å². The Morgan fingerprint density at radius 1 is 1.33 bits per heavy atom. The second-order valence-electron chi connectivity index (χ2n) is 5.11. The normalized spacial score (nSPS) is 16.6. The molecule has 21 heavy (non-hydrogen) atoms. The average molecular weight is 288 g/mol. The molecule has 2 rings (SSSR count).